The van der Waals surface area contributed by atoms with Crippen LogP contribution in [-0.2, 0) is 11.3 Å². The summed E-state index contributed by atoms with van der Waals surface area (Å²) >= 11 is 5.76. The van der Waals surface area contributed by atoms with Crippen molar-refractivity contribution in [2.45, 2.75) is 32.9 Å². The Morgan fingerprint density at radius 1 is 0.923 bits per heavy atom. The van der Waals surface area contributed by atoms with Crippen molar-refractivity contribution in [3.05, 3.63) is 59.1 Å². The molecule has 0 atom stereocenters. The molecule has 0 aliphatic carbocycles. The fourth-order valence-corrected chi connectivity index (χ4v) is 2.01. The number of hydrogen-bond acceptors (Lipinski definition) is 5. The summed E-state index contributed by atoms with van der Waals surface area (Å²) in [5.41, 5.74) is 0.279. The van der Waals surface area contributed by atoms with Crippen LogP contribution in [0.4, 0.5) is 9.59 Å². The van der Waals surface area contributed by atoms with Gasteiger partial charge in [0.1, 0.15) is 17.1 Å². The van der Waals surface area contributed by atoms with Gasteiger partial charge >= 0.3 is 12.2 Å². The van der Waals surface area contributed by atoms with E-state index in [2.05, 4.69) is 5.32 Å². The first-order valence-corrected chi connectivity index (χ1v) is 8.30. The first-order valence-electron chi connectivity index (χ1n) is 7.92. The van der Waals surface area contributed by atoms with Gasteiger partial charge in [-0.2, -0.15) is 0 Å². The topological polar surface area (TPSA) is 73.9 Å². The van der Waals surface area contributed by atoms with Gasteiger partial charge < -0.3 is 19.5 Å². The second kappa shape index (κ2) is 8.58. The van der Waals surface area contributed by atoms with Crippen LogP contribution in [0.1, 0.15) is 26.3 Å². The van der Waals surface area contributed by atoms with Gasteiger partial charge in [0, 0.05) is 11.6 Å². The number of benzene rings is 2. The van der Waals surface area contributed by atoms with E-state index < -0.39 is 17.8 Å². The molecule has 0 aliphatic heterocycles. The number of hydrogen-bond donors (Lipinski definition) is 1. The fraction of sp³-hybridized carbons (Fsp3) is 0.263. The van der Waals surface area contributed by atoms with E-state index in [4.69, 9.17) is 25.8 Å². The van der Waals surface area contributed by atoms with Crippen LogP contribution in [0, 0.1) is 0 Å². The van der Waals surface area contributed by atoms with Crippen LogP contribution < -0.4 is 14.8 Å². The van der Waals surface area contributed by atoms with E-state index in [1.54, 1.807) is 69.3 Å². The Hall–Kier alpha value is -2.73. The Labute approximate surface area is 157 Å². The maximum absolute atomic E-state index is 11.7. The van der Waals surface area contributed by atoms with Gasteiger partial charge in [0.25, 0.3) is 0 Å². The number of alkyl carbamates (subject to hydrolysis) is 1. The minimum Gasteiger partial charge on any atom is -0.444 e. The van der Waals surface area contributed by atoms with E-state index in [0.29, 0.717) is 23.1 Å². The first-order chi connectivity index (χ1) is 12.2. The number of amides is 1. The summed E-state index contributed by atoms with van der Waals surface area (Å²) in [5, 5.41) is 3.19. The zero-order valence-corrected chi connectivity index (χ0v) is 15.5. The third-order valence-electron chi connectivity index (χ3n) is 2.98. The van der Waals surface area contributed by atoms with Crippen molar-refractivity contribution in [3.8, 4) is 11.5 Å². The van der Waals surface area contributed by atoms with Crippen molar-refractivity contribution < 1.29 is 23.8 Å². The highest BCUT2D eigenvalue weighted by atomic mass is 35.5. The molecule has 0 aliphatic rings. The minimum absolute atomic E-state index is 0.296. The molecule has 2 rings (SSSR count). The number of carbonyl (C=O) groups is 2. The van der Waals surface area contributed by atoms with Gasteiger partial charge in [0.2, 0.25) is 0 Å². The highest BCUT2D eigenvalue weighted by molar-refractivity contribution is 6.30. The largest absolute Gasteiger partial charge is 0.519 e. The summed E-state index contributed by atoms with van der Waals surface area (Å²) in [6.07, 6.45) is -1.35. The molecule has 1 N–H and O–H groups in total. The molecule has 0 saturated carbocycles. The monoisotopic (exact) mass is 377 g/mol. The highest BCUT2D eigenvalue weighted by Gasteiger charge is 2.15. The molecule has 2 aromatic rings. The van der Waals surface area contributed by atoms with E-state index in [1.165, 1.54) is 0 Å². The van der Waals surface area contributed by atoms with Crippen LogP contribution >= 0.6 is 11.6 Å². The molecule has 2 aromatic carbocycles. The van der Waals surface area contributed by atoms with E-state index in [0.717, 1.165) is 5.56 Å². The third kappa shape index (κ3) is 7.03. The van der Waals surface area contributed by atoms with Gasteiger partial charge in [0.05, 0.1) is 0 Å². The molecule has 1 amide bonds. The molecule has 0 saturated heterocycles. The maximum atomic E-state index is 11.7. The molecule has 26 heavy (non-hydrogen) atoms. The van der Waals surface area contributed by atoms with E-state index in [-0.39, 0.29) is 0 Å². The summed E-state index contributed by atoms with van der Waals surface area (Å²) in [6.45, 7) is 5.68. The molecule has 0 heterocycles. The zero-order chi connectivity index (χ0) is 19.2. The van der Waals surface area contributed by atoms with Crippen molar-refractivity contribution in [1.82, 2.24) is 5.32 Å². The number of nitrogens with one attached hydrogen (secondary N) is 1. The molecule has 138 valence electrons. The Balaban J connectivity index is 1.82. The summed E-state index contributed by atoms with van der Waals surface area (Å²) in [7, 11) is 0. The Bertz CT molecular complexity index is 751. The number of halogens is 1. The molecule has 0 fully saturated rings. The molecule has 0 spiro atoms. The molecular weight excluding hydrogens is 358 g/mol. The lowest BCUT2D eigenvalue weighted by Gasteiger charge is -2.19. The third-order valence-corrected chi connectivity index (χ3v) is 3.23. The van der Waals surface area contributed by atoms with Gasteiger partial charge in [-0.25, -0.2) is 9.59 Å². The van der Waals surface area contributed by atoms with Gasteiger partial charge in [0.15, 0.2) is 0 Å². The number of rotatable bonds is 4. The first kappa shape index (κ1) is 19.6. The Morgan fingerprint density at radius 2 is 1.42 bits per heavy atom. The van der Waals surface area contributed by atoms with E-state index >= 15 is 0 Å². The van der Waals surface area contributed by atoms with E-state index in [1.807, 2.05) is 0 Å². The zero-order valence-electron chi connectivity index (χ0n) is 14.7. The SMILES string of the molecule is CC(C)(C)OC(=O)NCc1ccc(OC(=O)Oc2ccc(Cl)cc2)cc1. The number of ether oxygens (including phenoxy) is 3. The van der Waals surface area contributed by atoms with Crippen molar-refractivity contribution in [2.24, 2.45) is 0 Å². The maximum Gasteiger partial charge on any atom is 0.519 e. The lowest BCUT2D eigenvalue weighted by Crippen LogP contribution is -2.32. The molecule has 7 heteroatoms. The van der Waals surface area contributed by atoms with Crippen LogP contribution in [0.25, 0.3) is 0 Å². The van der Waals surface area contributed by atoms with Gasteiger partial charge in [-0.3, -0.25) is 0 Å². The average Bonchev–Trinajstić information content (AvgIpc) is 2.55. The van der Waals surface area contributed by atoms with Gasteiger partial charge in [-0.05, 0) is 62.7 Å². The summed E-state index contributed by atoms with van der Waals surface area (Å²) in [5.74, 6) is 0.655. The van der Waals surface area contributed by atoms with Crippen LogP contribution in [-0.4, -0.2) is 17.8 Å². The van der Waals surface area contributed by atoms with Crippen LogP contribution in [0.3, 0.4) is 0 Å². The highest BCUT2D eigenvalue weighted by Crippen LogP contribution is 2.18. The number of carbonyl (C=O) groups excluding carboxylic acids is 2. The van der Waals surface area contributed by atoms with E-state index in [9.17, 15) is 9.59 Å². The summed E-state index contributed by atoms with van der Waals surface area (Å²) < 4.78 is 15.3. The molecule has 0 unspecified atom stereocenters. The predicted octanol–water partition coefficient (Wildman–Crippen LogP) is 4.94. The smallest absolute Gasteiger partial charge is 0.444 e. The molecular formula is C19H20ClNO5. The second-order valence-electron chi connectivity index (χ2n) is 6.41. The lowest BCUT2D eigenvalue weighted by molar-refractivity contribution is 0.0523. The lowest BCUT2D eigenvalue weighted by atomic mass is 10.2. The normalized spacial score (nSPS) is 10.8. The molecule has 0 bridgehead atoms. The van der Waals surface area contributed by atoms with Crippen LogP contribution in [0.2, 0.25) is 5.02 Å². The van der Waals surface area contributed by atoms with Crippen molar-refractivity contribution in [2.75, 3.05) is 0 Å². The van der Waals surface area contributed by atoms with Crippen LogP contribution in [0.15, 0.2) is 48.5 Å². The molecule has 6 nitrogen and oxygen atoms in total. The molecule has 0 aromatic heterocycles. The van der Waals surface area contributed by atoms with Crippen molar-refractivity contribution >= 4 is 23.8 Å². The molecule has 0 radical (unpaired) electrons. The quantitative estimate of drug-likeness (QED) is 0.603. The summed E-state index contributed by atoms with van der Waals surface area (Å²) in [6, 6.07) is 13.0. The standard InChI is InChI=1S/C19H20ClNO5/c1-19(2,3)26-17(22)21-12-13-4-8-15(9-5-13)24-18(23)25-16-10-6-14(20)7-11-16/h4-11H,12H2,1-3H3,(H,21,22). The average molecular weight is 378 g/mol. The Morgan fingerprint density at radius 3 is 1.92 bits per heavy atom. The minimum atomic E-state index is -0.855. The van der Waals surface area contributed by atoms with Crippen LogP contribution in [0.5, 0.6) is 11.5 Å². The Kier molecular flexibility index (Phi) is 6.46. The fourth-order valence-electron chi connectivity index (χ4n) is 1.88. The van der Waals surface area contributed by atoms with Crippen molar-refractivity contribution in [1.29, 1.82) is 0 Å². The van der Waals surface area contributed by atoms with Crippen molar-refractivity contribution in [3.63, 3.8) is 0 Å². The van der Waals surface area contributed by atoms with Gasteiger partial charge in [-0.1, -0.05) is 23.7 Å². The summed E-state index contributed by atoms with van der Waals surface area (Å²) in [4.78, 5) is 23.4. The predicted molar refractivity (Wildman–Crippen MR) is 97.6 cm³/mol. The second-order valence-corrected chi connectivity index (χ2v) is 6.84. The van der Waals surface area contributed by atoms with Gasteiger partial charge in [-0.15, -0.1) is 0 Å².